The molecule has 0 aromatic carbocycles. The maximum Gasteiger partial charge on any atom is 0.0194 e. The quantitative estimate of drug-likeness (QED) is 0.442. The number of rotatable bonds is 0. The summed E-state index contributed by atoms with van der Waals surface area (Å²) >= 11 is 0. The van der Waals surface area contributed by atoms with Crippen LogP contribution in [0.25, 0.3) is 0 Å². The average Bonchev–Trinajstić information content (AvgIpc) is 2.03. The first-order valence-electron chi connectivity index (χ1n) is 4.00. The lowest BCUT2D eigenvalue weighted by Gasteiger charge is -1.07. The first kappa shape index (κ1) is 15.8. The second-order valence-electron chi connectivity index (χ2n) is 0. The van der Waals surface area contributed by atoms with Gasteiger partial charge < -0.3 is 0 Å². The van der Waals surface area contributed by atoms with Crippen molar-refractivity contribution in [1.29, 1.82) is 0 Å². The Kier molecular flexibility index (Phi) is 0. The topological polar surface area (TPSA) is 0 Å². The van der Waals surface area contributed by atoms with Gasteiger partial charge in [0.2, 0.25) is 0 Å². The van der Waals surface area contributed by atoms with Crippen LogP contribution in [-0.2, 0) is 0 Å². The van der Waals surface area contributed by atoms with E-state index in [4.69, 9.17) is 1.37 Å². The fourth-order valence-corrected chi connectivity index (χ4v) is 0. The number of hydrogen-bond acceptors (Lipinski definition) is 0. The molecule has 50 valence electrons. The molecule has 0 heteroatoms. The molecule has 0 rings (SSSR count). The fourth-order valence-electron chi connectivity index (χ4n) is 0. The largest absolute Gasteiger partial charge is 0.0776 e. The monoisotopic (exact) mass is 107 g/mol. The van der Waals surface area contributed by atoms with E-state index in [2.05, 4.69) is 0 Å². The second kappa shape index (κ2) is 0. The maximum absolute atomic E-state index is 5.75. The van der Waals surface area contributed by atoms with Crippen molar-refractivity contribution in [2.24, 2.45) is 0 Å². The van der Waals surface area contributed by atoms with Crippen molar-refractivity contribution in [3.63, 3.8) is 0 Å². The Morgan fingerprint density at radius 1 is 0.714 bits per heavy atom. The molecule has 0 atom stereocenters. The average molecular weight is 107 g/mol. The Balaban J connectivity index is -0.0000000133. The van der Waals surface area contributed by atoms with E-state index in [9.17, 15) is 0 Å². The highest BCUT2D eigenvalue weighted by Gasteiger charge is 0.936. The van der Waals surface area contributed by atoms with Gasteiger partial charge in [-0.2, -0.15) is 0 Å². The molecule has 0 saturated carbocycles. The maximum atomic E-state index is 5.75. The summed E-state index contributed by atoms with van der Waals surface area (Å²) in [6, 6.07) is 0. The molecular formula is C7H22. The molecule has 0 saturated heterocycles. The van der Waals surface area contributed by atoms with Crippen molar-refractivity contribution < 1.29 is 1.37 Å². The lowest BCUT2D eigenvalue weighted by atomic mass is 11.0. The predicted octanol–water partition coefficient (Wildman–Crippen LogP) is 3.71. The number of hydrogen-bond donors (Lipinski definition) is 0. The SMILES string of the molecule is CC.CC.CC.[2H]C. The third-order valence-electron chi connectivity index (χ3n) is 0. The normalized spacial score (nSPS) is 3.57. The fraction of sp³-hybridized carbons (Fsp3) is 1.00. The molecule has 0 aromatic heterocycles. The highest BCUT2D eigenvalue weighted by Crippen LogP contribution is 1.15. The van der Waals surface area contributed by atoms with E-state index in [1.54, 1.807) is 0 Å². The Morgan fingerprint density at radius 3 is 0.714 bits per heavy atom. The minimum absolute atomic E-state index is 1.25. The van der Waals surface area contributed by atoms with Gasteiger partial charge in [0, 0.05) is 1.37 Å². The van der Waals surface area contributed by atoms with E-state index in [0.717, 1.165) is 0 Å². The van der Waals surface area contributed by atoms with Crippen LogP contribution < -0.4 is 0 Å². The van der Waals surface area contributed by atoms with Crippen LogP contribution in [0.3, 0.4) is 0 Å². The molecule has 0 heterocycles. The van der Waals surface area contributed by atoms with Crippen LogP contribution in [0.5, 0.6) is 0 Å². The molecule has 0 aliphatic carbocycles. The molecule has 0 unspecified atom stereocenters. The predicted molar refractivity (Wildman–Crippen MR) is 40.8 cm³/mol. The molecule has 0 aromatic rings. The van der Waals surface area contributed by atoms with E-state index in [1.807, 2.05) is 41.5 Å². The van der Waals surface area contributed by atoms with Crippen molar-refractivity contribution in [2.45, 2.75) is 48.9 Å². The van der Waals surface area contributed by atoms with E-state index in [-0.39, 0.29) is 0 Å². The molecule has 0 N–H and O–H groups in total. The van der Waals surface area contributed by atoms with Gasteiger partial charge in [0.05, 0.1) is 0 Å². The van der Waals surface area contributed by atoms with Gasteiger partial charge in [0.15, 0.2) is 0 Å². The molecule has 0 nitrogen and oxygen atoms in total. The molecule has 7 heavy (non-hydrogen) atoms. The van der Waals surface area contributed by atoms with Crippen molar-refractivity contribution >= 4 is 0 Å². The Morgan fingerprint density at radius 2 is 0.714 bits per heavy atom. The lowest BCUT2D eigenvalue weighted by molar-refractivity contribution is 1.50. The van der Waals surface area contributed by atoms with E-state index >= 15 is 0 Å². The van der Waals surface area contributed by atoms with Crippen molar-refractivity contribution in [2.75, 3.05) is 0 Å². The molecule has 0 fully saturated rings. The van der Waals surface area contributed by atoms with Gasteiger partial charge in [-0.15, -0.1) is 0 Å². The Labute approximate surface area is 51.4 Å². The summed E-state index contributed by atoms with van der Waals surface area (Å²) in [6.07, 6.45) is 0. The van der Waals surface area contributed by atoms with E-state index in [0.29, 0.717) is 0 Å². The van der Waals surface area contributed by atoms with Crippen LogP contribution in [0.15, 0.2) is 0 Å². The summed E-state index contributed by atoms with van der Waals surface area (Å²) in [7, 11) is 1.25. The third-order valence-corrected chi connectivity index (χ3v) is 0. The highest BCUT2D eigenvalue weighted by atomic mass is 13.0. The zero-order valence-electron chi connectivity index (χ0n) is 8.00. The minimum atomic E-state index is 1.25. The summed E-state index contributed by atoms with van der Waals surface area (Å²) in [5, 5.41) is 0. The molecule has 0 bridgehead atoms. The van der Waals surface area contributed by atoms with Gasteiger partial charge in [-0.25, -0.2) is 0 Å². The van der Waals surface area contributed by atoms with Crippen LogP contribution in [0, 0.1) is 0 Å². The molecule has 0 aliphatic rings. The van der Waals surface area contributed by atoms with Gasteiger partial charge in [0.25, 0.3) is 0 Å². The molecular weight excluding hydrogens is 84.1 g/mol. The van der Waals surface area contributed by atoms with Gasteiger partial charge >= 0.3 is 0 Å². The first-order chi connectivity index (χ1) is 4.00. The molecule has 0 spiro atoms. The van der Waals surface area contributed by atoms with Gasteiger partial charge in [-0.3, -0.25) is 0 Å². The molecule has 0 radical (unpaired) electrons. The van der Waals surface area contributed by atoms with Crippen molar-refractivity contribution in [1.82, 2.24) is 0 Å². The molecule has 0 amide bonds. The summed E-state index contributed by atoms with van der Waals surface area (Å²) in [6.45, 7) is 12.0. The Hall–Kier alpha value is 0. The van der Waals surface area contributed by atoms with Crippen LogP contribution in [0.1, 0.15) is 50.3 Å². The second-order valence-corrected chi connectivity index (χ2v) is 0. The summed E-state index contributed by atoms with van der Waals surface area (Å²) < 4.78 is 5.75. The zero-order chi connectivity index (χ0) is 8.00. The van der Waals surface area contributed by atoms with Crippen molar-refractivity contribution in [3.8, 4) is 0 Å². The van der Waals surface area contributed by atoms with Gasteiger partial charge in [0.1, 0.15) is 0 Å². The Bertz CT molecular complexity index is 4.35. The van der Waals surface area contributed by atoms with E-state index in [1.165, 1.54) is 7.40 Å². The summed E-state index contributed by atoms with van der Waals surface area (Å²) in [5.74, 6) is 0. The first-order valence-corrected chi connectivity index (χ1v) is 3.00. The molecule has 0 aliphatic heterocycles. The summed E-state index contributed by atoms with van der Waals surface area (Å²) in [5.41, 5.74) is 0. The van der Waals surface area contributed by atoms with E-state index < -0.39 is 0 Å². The highest BCUT2D eigenvalue weighted by molar-refractivity contribution is 3.51. The van der Waals surface area contributed by atoms with Crippen LogP contribution >= 0.6 is 0 Å². The summed E-state index contributed by atoms with van der Waals surface area (Å²) in [4.78, 5) is 0. The van der Waals surface area contributed by atoms with Crippen LogP contribution in [-0.4, -0.2) is 0 Å². The third kappa shape index (κ3) is 0. The lowest BCUT2D eigenvalue weighted by Crippen LogP contribution is -0.856. The van der Waals surface area contributed by atoms with Crippen LogP contribution in [0.2, 0.25) is 0 Å². The van der Waals surface area contributed by atoms with Gasteiger partial charge in [-0.05, 0) is 0 Å². The zero-order valence-corrected chi connectivity index (χ0v) is 7.00. The standard InChI is InChI=1S/3C2H6.CH4/c3*1-2;/h3*1-2H3;1H4/i;;;1D. The van der Waals surface area contributed by atoms with Crippen LogP contribution in [0.4, 0.5) is 0 Å². The van der Waals surface area contributed by atoms with Gasteiger partial charge in [-0.1, -0.05) is 48.9 Å². The smallest absolute Gasteiger partial charge is 0.0194 e. The minimum Gasteiger partial charge on any atom is -0.0776 e. The van der Waals surface area contributed by atoms with Crippen molar-refractivity contribution in [3.05, 3.63) is 0 Å².